The van der Waals surface area contributed by atoms with Gasteiger partial charge < -0.3 is 0 Å². The van der Waals surface area contributed by atoms with Crippen LogP contribution in [0.25, 0.3) is 0 Å². The maximum Gasteiger partial charge on any atom is 2.00 e. The van der Waals surface area contributed by atoms with Crippen LogP contribution in [0.2, 0.25) is 0 Å². The molecule has 6 heteroatoms. The van der Waals surface area contributed by atoms with Crippen LogP contribution < -0.4 is 0 Å². The minimum absolute atomic E-state index is 0. The van der Waals surface area contributed by atoms with Crippen molar-refractivity contribution in [1.82, 2.24) is 0 Å². The van der Waals surface area contributed by atoms with Crippen LogP contribution in [0.4, 0.5) is 0 Å². The van der Waals surface area contributed by atoms with Crippen LogP contribution >= 0.6 is 47.4 Å². The van der Waals surface area contributed by atoms with Crippen molar-refractivity contribution in [1.29, 1.82) is 0 Å². The summed E-state index contributed by atoms with van der Waals surface area (Å²) in [5.41, 5.74) is 0.919. The first-order valence-corrected chi connectivity index (χ1v) is 5.31. The average molecular weight is 335 g/mol. The Morgan fingerprint density at radius 3 is 2.27 bits per heavy atom. The molecule has 0 aliphatic heterocycles. The van der Waals surface area contributed by atoms with E-state index < -0.39 is 3.79 Å². The number of rotatable bonds is 1. The molecule has 0 bridgehead atoms. The third-order valence-electron chi connectivity index (χ3n) is 1.71. The zero-order chi connectivity index (χ0) is 10.9. The zero-order valence-electron chi connectivity index (χ0n) is 7.93. The van der Waals surface area contributed by atoms with E-state index in [0.29, 0.717) is 16.0 Å². The number of carbonyl (C=O) groups excluding carboxylic acids is 1. The van der Waals surface area contributed by atoms with Gasteiger partial charge in [0.2, 0.25) is 3.79 Å². The minimum atomic E-state index is -1.55. The van der Waals surface area contributed by atoms with Crippen molar-refractivity contribution < 1.29 is 24.3 Å². The fourth-order valence-electron chi connectivity index (χ4n) is 0.982. The van der Waals surface area contributed by atoms with Gasteiger partial charge in [-0.25, -0.2) is 0 Å². The molecule has 0 aromatic heterocycles. The fraction of sp³-hybridized carbons (Fsp3) is 0.222. The monoisotopic (exact) mass is 332 g/mol. The molecule has 1 aromatic carbocycles. The van der Waals surface area contributed by atoms with E-state index in [1.165, 1.54) is 13.0 Å². The topological polar surface area (TPSA) is 17.1 Å². The van der Waals surface area contributed by atoms with Gasteiger partial charge in [-0.15, -0.1) is 12.6 Å². The molecule has 0 N–H and O–H groups in total. The van der Waals surface area contributed by atoms with Crippen LogP contribution in [0.15, 0.2) is 23.1 Å². The van der Waals surface area contributed by atoms with Gasteiger partial charge in [-0.2, -0.15) is 0 Å². The third-order valence-corrected chi connectivity index (χ3v) is 2.71. The van der Waals surface area contributed by atoms with Crippen LogP contribution in [0.5, 0.6) is 0 Å². The van der Waals surface area contributed by atoms with Crippen molar-refractivity contribution in [2.75, 3.05) is 0 Å². The van der Waals surface area contributed by atoms with Crippen molar-refractivity contribution in [3.05, 3.63) is 29.3 Å². The van der Waals surface area contributed by atoms with Crippen LogP contribution in [-0.2, 0) is 23.3 Å². The largest absolute Gasteiger partial charge is 2.00 e. The van der Waals surface area contributed by atoms with E-state index in [4.69, 9.17) is 34.8 Å². The molecule has 76 valence electrons. The first kappa shape index (κ1) is 15.7. The van der Waals surface area contributed by atoms with Gasteiger partial charge in [0.25, 0.3) is 0 Å². The van der Waals surface area contributed by atoms with Crippen LogP contribution in [-0.4, -0.2) is 5.78 Å². The van der Waals surface area contributed by atoms with E-state index >= 15 is 0 Å². The Hall–Kier alpha value is 0.733. The SMILES string of the molecule is CC(=O)c1ccc(S)c(C(Cl)(Cl)Cl)c1.[Zn+2]. The number of Topliss-reactive ketones (excluding diaryl/α,β-unsaturated/α-hetero) is 1. The van der Waals surface area contributed by atoms with Gasteiger partial charge in [0, 0.05) is 16.0 Å². The molecule has 0 spiro atoms. The van der Waals surface area contributed by atoms with Gasteiger partial charge in [0.05, 0.1) is 0 Å². The summed E-state index contributed by atoms with van der Waals surface area (Å²) in [5, 5.41) is 0. The van der Waals surface area contributed by atoms with Crippen LogP contribution in [0, 0.1) is 0 Å². The number of benzene rings is 1. The molecule has 15 heavy (non-hydrogen) atoms. The summed E-state index contributed by atoms with van der Waals surface area (Å²) in [6, 6.07) is 4.82. The molecule has 0 aliphatic rings. The van der Waals surface area contributed by atoms with Crippen molar-refractivity contribution in [3.63, 3.8) is 0 Å². The summed E-state index contributed by atoms with van der Waals surface area (Å²) >= 11 is 21.3. The molecule has 1 aromatic rings. The Morgan fingerprint density at radius 2 is 1.87 bits per heavy atom. The van der Waals surface area contributed by atoms with Gasteiger partial charge in [0.15, 0.2) is 5.78 Å². The molecule has 0 amide bonds. The molecular weight excluding hydrogens is 328 g/mol. The molecule has 0 unspecified atom stereocenters. The predicted molar refractivity (Wildman–Crippen MR) is 62.9 cm³/mol. The summed E-state index contributed by atoms with van der Waals surface area (Å²) in [4.78, 5) is 11.6. The van der Waals surface area contributed by atoms with Gasteiger partial charge in [0.1, 0.15) is 0 Å². The number of hydrogen-bond acceptors (Lipinski definition) is 2. The summed E-state index contributed by atoms with van der Waals surface area (Å²) in [6.45, 7) is 1.45. The second-order valence-corrected chi connectivity index (χ2v) is 5.55. The molecule has 0 fully saturated rings. The van der Waals surface area contributed by atoms with E-state index in [0.717, 1.165) is 0 Å². The maximum atomic E-state index is 11.1. The van der Waals surface area contributed by atoms with Crippen LogP contribution in [0.1, 0.15) is 22.8 Å². The molecular formula is C9H7Cl3OSZn+2. The standard InChI is InChI=1S/C9H7Cl3OS.Zn/c1-5(13)6-2-3-8(14)7(4-6)9(10,11)12;/h2-4,14H,1H3;/q;+2. The van der Waals surface area contributed by atoms with Gasteiger partial charge >= 0.3 is 19.5 Å². The summed E-state index contributed by atoms with van der Waals surface area (Å²) < 4.78 is -1.55. The molecule has 0 saturated heterocycles. The Bertz CT molecular complexity index is 376. The molecule has 0 radical (unpaired) electrons. The fourth-order valence-corrected chi connectivity index (χ4v) is 1.96. The summed E-state index contributed by atoms with van der Waals surface area (Å²) in [6.07, 6.45) is 0. The Labute approximate surface area is 122 Å². The zero-order valence-corrected chi connectivity index (χ0v) is 14.1. The van der Waals surface area contributed by atoms with E-state index in [2.05, 4.69) is 12.6 Å². The Kier molecular flexibility index (Phi) is 6.17. The quantitative estimate of drug-likeness (QED) is 0.355. The van der Waals surface area contributed by atoms with Crippen molar-refractivity contribution in [2.24, 2.45) is 0 Å². The van der Waals surface area contributed by atoms with Crippen molar-refractivity contribution in [2.45, 2.75) is 15.6 Å². The van der Waals surface area contributed by atoms with E-state index in [-0.39, 0.29) is 25.3 Å². The minimum Gasteiger partial charge on any atom is -0.295 e. The van der Waals surface area contributed by atoms with Gasteiger partial charge in [-0.1, -0.05) is 40.9 Å². The molecule has 0 aliphatic carbocycles. The van der Waals surface area contributed by atoms with E-state index in [1.807, 2.05) is 0 Å². The second kappa shape index (κ2) is 5.88. The Balaban J connectivity index is 0.00000196. The van der Waals surface area contributed by atoms with Gasteiger partial charge in [-0.05, 0) is 19.1 Å². The van der Waals surface area contributed by atoms with Crippen LogP contribution in [0.3, 0.4) is 0 Å². The van der Waals surface area contributed by atoms with E-state index in [1.54, 1.807) is 12.1 Å². The number of carbonyl (C=O) groups is 1. The number of thiol groups is 1. The van der Waals surface area contributed by atoms with E-state index in [9.17, 15) is 4.79 Å². The maximum absolute atomic E-state index is 11.1. The Morgan fingerprint density at radius 1 is 1.33 bits per heavy atom. The number of halogens is 3. The third kappa shape index (κ3) is 4.24. The first-order valence-electron chi connectivity index (χ1n) is 3.73. The number of ketones is 1. The second-order valence-electron chi connectivity index (χ2n) is 2.79. The molecule has 1 rings (SSSR count). The first-order chi connectivity index (χ1) is 6.32. The van der Waals surface area contributed by atoms with Crippen molar-refractivity contribution >= 4 is 53.2 Å². The molecule has 0 saturated carbocycles. The van der Waals surface area contributed by atoms with Gasteiger partial charge in [-0.3, -0.25) is 4.79 Å². The normalized spacial score (nSPS) is 10.7. The summed E-state index contributed by atoms with van der Waals surface area (Å²) in [7, 11) is 0. The average Bonchev–Trinajstić information content (AvgIpc) is 2.02. The molecule has 0 atom stereocenters. The smallest absolute Gasteiger partial charge is 0.295 e. The summed E-state index contributed by atoms with van der Waals surface area (Å²) in [5.74, 6) is -0.0752. The van der Waals surface area contributed by atoms with Crippen molar-refractivity contribution in [3.8, 4) is 0 Å². The molecule has 1 nitrogen and oxygen atoms in total. The number of hydrogen-bond donors (Lipinski definition) is 1. The molecule has 0 heterocycles. The number of alkyl halides is 3. The predicted octanol–water partition coefficient (Wildman–Crippen LogP) is 4.00.